The van der Waals surface area contributed by atoms with Crippen molar-refractivity contribution in [2.45, 2.75) is 36.8 Å². The van der Waals surface area contributed by atoms with Gasteiger partial charge in [0, 0.05) is 24.0 Å². The Labute approximate surface area is 224 Å². The molecule has 1 N–H and O–H groups in total. The first-order valence-corrected chi connectivity index (χ1v) is 13.9. The third-order valence-corrected chi connectivity index (χ3v) is 7.57. The summed E-state index contributed by atoms with van der Waals surface area (Å²) in [7, 11) is -4.23. The second kappa shape index (κ2) is 11.6. The van der Waals surface area contributed by atoms with E-state index in [1.165, 1.54) is 5.01 Å². The number of hydrogen-bond acceptors (Lipinski definition) is 4. The number of nitrogens with one attached hydrogen (secondary N) is 1. The molecule has 38 heavy (non-hydrogen) atoms. The van der Waals surface area contributed by atoms with Gasteiger partial charge in [0.15, 0.2) is 0 Å². The summed E-state index contributed by atoms with van der Waals surface area (Å²) in [4.78, 5) is 4.11. The van der Waals surface area contributed by atoms with Gasteiger partial charge in [-0.05, 0) is 60.4 Å². The minimum Gasteiger partial charge on any atom is -0.251 e. The predicted octanol–water partition coefficient (Wildman–Crippen LogP) is 6.30. The maximum Gasteiger partial charge on any atom is 0.416 e. The van der Waals surface area contributed by atoms with Crippen molar-refractivity contribution in [1.29, 1.82) is 0 Å². The lowest BCUT2D eigenvalue weighted by atomic mass is 9.86. The van der Waals surface area contributed by atoms with E-state index in [1.807, 2.05) is 49.4 Å². The summed E-state index contributed by atoms with van der Waals surface area (Å²) in [6, 6.07) is 20.4. The summed E-state index contributed by atoms with van der Waals surface area (Å²) in [6.45, 7) is 2.60. The Balaban J connectivity index is 1.70. The lowest BCUT2D eigenvalue weighted by molar-refractivity contribution is -0.137. The average molecular weight is 563 g/mol. The van der Waals surface area contributed by atoms with Crippen LogP contribution in [0, 0.1) is 0 Å². The summed E-state index contributed by atoms with van der Waals surface area (Å²) >= 11 is 6.10. The first-order valence-electron chi connectivity index (χ1n) is 12.0. The molecule has 1 aliphatic rings. The Morgan fingerprint density at radius 2 is 1.71 bits per heavy atom. The van der Waals surface area contributed by atoms with Crippen LogP contribution in [0.2, 0.25) is 5.02 Å². The zero-order chi connectivity index (χ0) is 27.3. The highest BCUT2D eigenvalue weighted by Gasteiger charge is 2.32. The molecule has 11 heteroatoms. The molecule has 3 aromatic carbocycles. The number of aliphatic imine (C=N–C) groups is 1. The number of sulfonamides is 1. The topological polar surface area (TPSA) is 74.1 Å². The molecule has 0 aliphatic carbocycles. The van der Waals surface area contributed by atoms with Crippen molar-refractivity contribution in [3.8, 4) is 0 Å². The Kier molecular flexibility index (Phi) is 8.42. The highest BCUT2D eigenvalue weighted by molar-refractivity contribution is 7.90. The highest BCUT2D eigenvalue weighted by Crippen LogP contribution is 2.31. The van der Waals surface area contributed by atoms with Crippen LogP contribution in [-0.4, -0.2) is 38.2 Å². The van der Waals surface area contributed by atoms with Crippen molar-refractivity contribution < 1.29 is 21.6 Å². The van der Waals surface area contributed by atoms with Gasteiger partial charge in [0.05, 0.1) is 16.2 Å². The van der Waals surface area contributed by atoms with Crippen LogP contribution in [0.25, 0.3) is 0 Å². The number of benzene rings is 3. The Bertz CT molecular complexity index is 1410. The smallest absolute Gasteiger partial charge is 0.251 e. The molecule has 1 atom stereocenters. The van der Waals surface area contributed by atoms with Gasteiger partial charge in [-0.3, -0.25) is 4.99 Å². The molecule has 200 valence electrons. The standard InChI is InChI=1S/C27H26ClF3N4O2S/c1-2-17-32-26(34-38(36,37)23-14-10-21(11-15-23)27(29,30)31)35-18-16-24(19-6-4-3-5-7-19)25(33-35)20-8-12-22(28)13-9-20/h3-15,24H,2,16-18H2,1H3,(H,32,34). The fraction of sp³-hybridized carbons (Fsp3) is 0.259. The maximum absolute atomic E-state index is 13.1. The van der Waals surface area contributed by atoms with Crippen LogP contribution in [0.15, 0.2) is 93.9 Å². The number of alkyl halides is 3. The van der Waals surface area contributed by atoms with Gasteiger partial charge in [-0.25, -0.2) is 18.1 Å². The van der Waals surface area contributed by atoms with Crippen molar-refractivity contribution >= 4 is 33.3 Å². The summed E-state index contributed by atoms with van der Waals surface area (Å²) in [6.07, 6.45) is -3.29. The molecule has 0 radical (unpaired) electrons. The van der Waals surface area contributed by atoms with E-state index in [9.17, 15) is 21.6 Å². The number of hydrogen-bond donors (Lipinski definition) is 1. The molecule has 1 aliphatic heterocycles. The van der Waals surface area contributed by atoms with E-state index in [-0.39, 0.29) is 16.8 Å². The Morgan fingerprint density at radius 1 is 1.05 bits per heavy atom. The first-order chi connectivity index (χ1) is 18.1. The van der Waals surface area contributed by atoms with Crippen molar-refractivity contribution in [1.82, 2.24) is 9.73 Å². The van der Waals surface area contributed by atoms with Crippen molar-refractivity contribution in [3.63, 3.8) is 0 Å². The molecule has 0 spiro atoms. The van der Waals surface area contributed by atoms with Crippen molar-refractivity contribution in [2.75, 3.05) is 13.1 Å². The van der Waals surface area contributed by atoms with Crippen LogP contribution >= 0.6 is 11.6 Å². The van der Waals surface area contributed by atoms with E-state index in [0.29, 0.717) is 31.0 Å². The van der Waals surface area contributed by atoms with Crippen LogP contribution in [0.5, 0.6) is 0 Å². The first kappa shape index (κ1) is 27.7. The zero-order valence-corrected chi connectivity index (χ0v) is 22.1. The molecule has 0 saturated heterocycles. The molecule has 1 heterocycles. The molecule has 1 unspecified atom stereocenters. The van der Waals surface area contributed by atoms with E-state index in [0.717, 1.165) is 41.1 Å². The lowest BCUT2D eigenvalue weighted by Crippen LogP contribution is -2.45. The summed E-state index contributed by atoms with van der Waals surface area (Å²) in [5, 5.41) is 6.89. The SMILES string of the molecule is CCCN=C(NS(=O)(=O)c1ccc(C(F)(F)F)cc1)N1CCC(c2ccccc2)C(c2ccc(Cl)cc2)=N1. The minimum absolute atomic E-state index is 0.00437. The number of nitrogens with zero attached hydrogens (tertiary/aromatic N) is 3. The number of hydrazone groups is 1. The van der Waals surface area contributed by atoms with Gasteiger partial charge in [-0.2, -0.15) is 18.3 Å². The molecule has 0 bridgehead atoms. The second-order valence-corrected chi connectivity index (χ2v) is 10.8. The molecule has 0 amide bonds. The molecule has 6 nitrogen and oxygen atoms in total. The van der Waals surface area contributed by atoms with Gasteiger partial charge in [0.1, 0.15) is 0 Å². The quantitative estimate of drug-likeness (QED) is 0.283. The van der Waals surface area contributed by atoms with Crippen LogP contribution in [0.1, 0.15) is 42.4 Å². The monoisotopic (exact) mass is 562 g/mol. The predicted molar refractivity (Wildman–Crippen MR) is 143 cm³/mol. The van der Waals surface area contributed by atoms with Crippen molar-refractivity contribution in [3.05, 3.63) is 101 Å². The van der Waals surface area contributed by atoms with Crippen LogP contribution in [0.4, 0.5) is 13.2 Å². The molecular formula is C27H26ClF3N4O2S. The minimum atomic E-state index is -4.57. The fourth-order valence-corrected chi connectivity index (χ4v) is 5.22. The molecule has 0 aromatic heterocycles. The normalized spacial score (nSPS) is 16.8. The largest absolute Gasteiger partial charge is 0.416 e. The third kappa shape index (κ3) is 6.54. The van der Waals surface area contributed by atoms with E-state index in [2.05, 4.69) is 9.71 Å². The molecular weight excluding hydrogens is 537 g/mol. The zero-order valence-electron chi connectivity index (χ0n) is 20.5. The van der Waals surface area contributed by atoms with Gasteiger partial charge in [0.2, 0.25) is 5.96 Å². The van der Waals surface area contributed by atoms with Gasteiger partial charge in [-0.1, -0.05) is 61.0 Å². The summed E-state index contributed by atoms with van der Waals surface area (Å²) in [5.41, 5.74) is 1.68. The second-order valence-electron chi connectivity index (χ2n) is 8.70. The van der Waals surface area contributed by atoms with Crippen LogP contribution < -0.4 is 4.72 Å². The molecule has 0 fully saturated rings. The van der Waals surface area contributed by atoms with Gasteiger partial charge in [0.25, 0.3) is 10.0 Å². The van der Waals surface area contributed by atoms with Gasteiger partial charge in [-0.15, -0.1) is 0 Å². The number of halogens is 4. The highest BCUT2D eigenvalue weighted by atomic mass is 35.5. The molecule has 0 saturated carbocycles. The van der Waals surface area contributed by atoms with Gasteiger partial charge < -0.3 is 0 Å². The lowest BCUT2D eigenvalue weighted by Gasteiger charge is -2.32. The Morgan fingerprint density at radius 3 is 2.32 bits per heavy atom. The Hall–Kier alpha value is -3.37. The summed E-state index contributed by atoms with van der Waals surface area (Å²) < 4.78 is 67.5. The number of guanidine groups is 1. The van der Waals surface area contributed by atoms with Gasteiger partial charge >= 0.3 is 6.18 Å². The van der Waals surface area contributed by atoms with Crippen LogP contribution in [-0.2, 0) is 16.2 Å². The molecule has 4 rings (SSSR count). The third-order valence-electron chi connectivity index (χ3n) is 5.98. The van der Waals surface area contributed by atoms with E-state index < -0.39 is 21.8 Å². The van der Waals surface area contributed by atoms with Crippen LogP contribution in [0.3, 0.4) is 0 Å². The van der Waals surface area contributed by atoms with E-state index in [4.69, 9.17) is 16.7 Å². The average Bonchev–Trinajstić information content (AvgIpc) is 2.91. The summed E-state index contributed by atoms with van der Waals surface area (Å²) in [5.74, 6) is -0.0442. The molecule has 3 aromatic rings. The fourth-order valence-electron chi connectivity index (χ4n) is 4.07. The van der Waals surface area contributed by atoms with Crippen molar-refractivity contribution in [2.24, 2.45) is 10.1 Å². The van der Waals surface area contributed by atoms with E-state index >= 15 is 0 Å². The number of rotatable bonds is 6. The maximum atomic E-state index is 13.1. The van der Waals surface area contributed by atoms with E-state index in [1.54, 1.807) is 12.1 Å².